The molecule has 6 rings (SSSR count). The van der Waals surface area contributed by atoms with Gasteiger partial charge in [-0.2, -0.15) is 5.01 Å². The number of imide groups is 1. The number of aryl methyl sites for hydroxylation is 4. The summed E-state index contributed by atoms with van der Waals surface area (Å²) in [6, 6.07) is 27.7. The fraction of sp³-hybridized carbons (Fsp3) is 0.125. The van der Waals surface area contributed by atoms with Crippen LogP contribution < -0.4 is 5.01 Å². The average Bonchev–Trinajstić information content (AvgIpc) is 3.31. The lowest BCUT2D eigenvalue weighted by atomic mass is 9.97. The highest BCUT2D eigenvalue weighted by Crippen LogP contribution is 2.43. The molecule has 2 amide bonds. The van der Waals surface area contributed by atoms with Crippen molar-refractivity contribution >= 4 is 22.6 Å². The van der Waals surface area contributed by atoms with E-state index in [0.717, 1.165) is 55.5 Å². The Morgan fingerprint density at radius 3 is 1.22 bits per heavy atom. The van der Waals surface area contributed by atoms with Gasteiger partial charge < -0.3 is 0 Å². The molecule has 0 aliphatic carbocycles. The highest BCUT2D eigenvalue weighted by Gasteiger charge is 2.40. The van der Waals surface area contributed by atoms with E-state index in [4.69, 9.17) is 0 Å². The minimum Gasteiger partial charge on any atom is -0.267 e. The van der Waals surface area contributed by atoms with Crippen LogP contribution >= 0.6 is 0 Å². The second-order valence-corrected chi connectivity index (χ2v) is 9.59. The van der Waals surface area contributed by atoms with Crippen molar-refractivity contribution in [2.24, 2.45) is 0 Å². The highest BCUT2D eigenvalue weighted by atomic mass is 16.2. The van der Waals surface area contributed by atoms with Gasteiger partial charge in [-0.15, -0.1) is 0 Å². The van der Waals surface area contributed by atoms with Crippen LogP contribution in [0.5, 0.6) is 0 Å². The fourth-order valence-corrected chi connectivity index (χ4v) is 5.30. The third-order valence-electron chi connectivity index (χ3n) is 7.34. The summed E-state index contributed by atoms with van der Waals surface area (Å²) < 4.78 is 1.87. The van der Waals surface area contributed by atoms with E-state index in [1.54, 1.807) is 24.3 Å². The minimum absolute atomic E-state index is 0.311. The van der Waals surface area contributed by atoms with E-state index in [1.807, 2.05) is 28.9 Å². The van der Waals surface area contributed by atoms with Gasteiger partial charge in [0.05, 0.1) is 22.5 Å². The largest absolute Gasteiger partial charge is 0.281 e. The number of fused-ring (bicyclic) bond motifs is 2. The molecule has 0 spiro atoms. The van der Waals surface area contributed by atoms with Crippen molar-refractivity contribution in [3.05, 3.63) is 118 Å². The van der Waals surface area contributed by atoms with Crippen molar-refractivity contribution in [1.29, 1.82) is 0 Å². The van der Waals surface area contributed by atoms with Gasteiger partial charge in [0.15, 0.2) is 0 Å². The van der Waals surface area contributed by atoms with Crippen LogP contribution in [0.3, 0.4) is 0 Å². The molecule has 0 saturated carbocycles. The summed E-state index contributed by atoms with van der Waals surface area (Å²) in [6.07, 6.45) is 0. The number of benzene rings is 4. The first-order valence-electron chi connectivity index (χ1n) is 12.1. The molecule has 36 heavy (non-hydrogen) atoms. The number of carbonyl (C=O) groups excluding carboxylic acids is 2. The molecule has 176 valence electrons. The van der Waals surface area contributed by atoms with Gasteiger partial charge in [0.2, 0.25) is 0 Å². The topological polar surface area (TPSA) is 42.3 Å². The summed E-state index contributed by atoms with van der Waals surface area (Å²) in [5, 5.41) is 3.36. The van der Waals surface area contributed by atoms with Crippen LogP contribution in [-0.4, -0.2) is 16.5 Å². The van der Waals surface area contributed by atoms with Gasteiger partial charge in [-0.25, -0.2) is 4.68 Å². The van der Waals surface area contributed by atoms with Gasteiger partial charge in [0.25, 0.3) is 11.8 Å². The van der Waals surface area contributed by atoms with E-state index in [1.165, 1.54) is 5.01 Å². The predicted molar refractivity (Wildman–Crippen MR) is 145 cm³/mol. The van der Waals surface area contributed by atoms with Crippen molar-refractivity contribution in [2.75, 3.05) is 5.01 Å². The van der Waals surface area contributed by atoms with Crippen LogP contribution in [0.15, 0.2) is 84.9 Å². The molecule has 0 fully saturated rings. The van der Waals surface area contributed by atoms with E-state index in [-0.39, 0.29) is 11.8 Å². The number of hydrogen-bond donors (Lipinski definition) is 0. The monoisotopic (exact) mass is 470 g/mol. The zero-order valence-corrected chi connectivity index (χ0v) is 20.8. The first-order valence-corrected chi connectivity index (χ1v) is 12.1. The molecule has 1 aromatic heterocycles. The van der Waals surface area contributed by atoms with Crippen molar-refractivity contribution in [1.82, 2.24) is 4.68 Å². The summed E-state index contributed by atoms with van der Waals surface area (Å²) in [4.78, 5) is 27.7. The zero-order valence-electron chi connectivity index (χ0n) is 20.8. The van der Waals surface area contributed by atoms with Crippen molar-refractivity contribution < 1.29 is 9.59 Å². The van der Waals surface area contributed by atoms with Crippen LogP contribution in [0.2, 0.25) is 0 Å². The predicted octanol–water partition coefficient (Wildman–Crippen LogP) is 7.14. The third-order valence-corrected chi connectivity index (χ3v) is 7.34. The second kappa shape index (κ2) is 8.06. The third kappa shape index (κ3) is 3.07. The summed E-state index contributed by atoms with van der Waals surface area (Å²) >= 11 is 0. The Hall–Kier alpha value is -4.44. The molecule has 0 saturated heterocycles. The Bertz CT molecular complexity index is 1600. The molecule has 2 heterocycles. The second-order valence-electron chi connectivity index (χ2n) is 9.59. The number of carbonyl (C=O) groups is 2. The normalized spacial score (nSPS) is 13.1. The molecule has 0 radical (unpaired) electrons. The van der Waals surface area contributed by atoms with Crippen LogP contribution in [0.25, 0.3) is 33.3 Å². The Morgan fingerprint density at radius 1 is 0.472 bits per heavy atom. The maximum Gasteiger partial charge on any atom is 0.281 e. The minimum atomic E-state index is -0.311. The summed E-state index contributed by atoms with van der Waals surface area (Å²) in [7, 11) is 0. The van der Waals surface area contributed by atoms with Crippen LogP contribution in [-0.2, 0) is 0 Å². The first kappa shape index (κ1) is 22.1. The smallest absolute Gasteiger partial charge is 0.267 e. The number of nitrogens with zero attached hydrogens (tertiary/aromatic N) is 2. The molecule has 4 aromatic carbocycles. The lowest BCUT2D eigenvalue weighted by Crippen LogP contribution is -2.40. The van der Waals surface area contributed by atoms with Crippen LogP contribution in [0, 0.1) is 27.7 Å². The lowest BCUT2D eigenvalue weighted by molar-refractivity contribution is 0.0888. The maximum absolute atomic E-state index is 13.8. The standard InChI is InChI=1S/C32H26N2O2/c1-19-11-5-7-13-23(19)29-27-17-21(3)22(4)18-28(27)30(24-14-8-6-12-20(24)2)33(29)34-31(35)25-15-9-10-16-26(25)32(34)36/h5-18H,1-4H3. The molecule has 4 heteroatoms. The van der Waals surface area contributed by atoms with E-state index in [2.05, 4.69) is 64.1 Å². The van der Waals surface area contributed by atoms with Crippen LogP contribution in [0.4, 0.5) is 0 Å². The Morgan fingerprint density at radius 2 is 0.833 bits per heavy atom. The van der Waals surface area contributed by atoms with Gasteiger partial charge in [-0.05, 0) is 74.2 Å². The van der Waals surface area contributed by atoms with Gasteiger partial charge in [0.1, 0.15) is 0 Å². The number of aromatic nitrogens is 1. The SMILES string of the molecule is Cc1cc2c(-c3ccccc3C)n(N3C(=O)c4ccccc4C3=O)c(-c3ccccc3C)c2cc1C. The Kier molecular flexibility index (Phi) is 4.94. The van der Waals surface area contributed by atoms with Gasteiger partial charge in [-0.1, -0.05) is 60.7 Å². The molecule has 1 aliphatic rings. The molecule has 5 aromatic rings. The van der Waals surface area contributed by atoms with E-state index < -0.39 is 0 Å². The van der Waals surface area contributed by atoms with E-state index in [9.17, 15) is 9.59 Å². The average molecular weight is 471 g/mol. The zero-order chi connectivity index (χ0) is 25.1. The first-order chi connectivity index (χ1) is 17.4. The molecule has 0 bridgehead atoms. The number of amides is 2. The number of hydrogen-bond acceptors (Lipinski definition) is 2. The summed E-state index contributed by atoms with van der Waals surface area (Å²) in [5.74, 6) is -0.622. The van der Waals surface area contributed by atoms with E-state index in [0.29, 0.717) is 11.1 Å². The summed E-state index contributed by atoms with van der Waals surface area (Å²) in [5.41, 5.74) is 9.00. The number of rotatable bonds is 3. The fourth-order valence-electron chi connectivity index (χ4n) is 5.30. The molecule has 0 unspecified atom stereocenters. The van der Waals surface area contributed by atoms with Crippen molar-refractivity contribution in [3.63, 3.8) is 0 Å². The molecule has 4 nitrogen and oxygen atoms in total. The van der Waals surface area contributed by atoms with Gasteiger partial charge in [0, 0.05) is 21.9 Å². The van der Waals surface area contributed by atoms with E-state index >= 15 is 0 Å². The van der Waals surface area contributed by atoms with Gasteiger partial charge >= 0.3 is 0 Å². The van der Waals surface area contributed by atoms with Gasteiger partial charge in [-0.3, -0.25) is 9.59 Å². The maximum atomic E-state index is 13.8. The van der Waals surface area contributed by atoms with Crippen molar-refractivity contribution in [2.45, 2.75) is 27.7 Å². The Balaban J connectivity index is 1.82. The molecular formula is C32H26N2O2. The molecule has 0 N–H and O–H groups in total. The summed E-state index contributed by atoms with van der Waals surface area (Å²) in [6.45, 7) is 8.33. The lowest BCUT2D eigenvalue weighted by Gasteiger charge is -2.23. The Labute approximate surface area is 210 Å². The molecule has 0 atom stereocenters. The van der Waals surface area contributed by atoms with Crippen molar-refractivity contribution in [3.8, 4) is 22.5 Å². The molecule has 1 aliphatic heterocycles. The van der Waals surface area contributed by atoms with Crippen LogP contribution in [0.1, 0.15) is 43.0 Å². The quantitative estimate of drug-likeness (QED) is 0.263. The highest BCUT2D eigenvalue weighted by molar-refractivity contribution is 6.31. The molecular weight excluding hydrogens is 444 g/mol.